The summed E-state index contributed by atoms with van der Waals surface area (Å²) in [6.45, 7) is 0.664. The molecule has 0 aliphatic carbocycles. The molecule has 0 radical (unpaired) electrons. The first-order valence-electron chi connectivity index (χ1n) is 10.0. The molecule has 1 N–H and O–H groups in total. The van der Waals surface area contributed by atoms with Crippen LogP contribution >= 0.6 is 28.1 Å². The minimum atomic E-state index is -0.0637. The van der Waals surface area contributed by atoms with Gasteiger partial charge in [-0.3, -0.25) is 9.97 Å². The van der Waals surface area contributed by atoms with Crippen molar-refractivity contribution in [3.63, 3.8) is 0 Å². The van der Waals surface area contributed by atoms with Crippen LogP contribution in [-0.4, -0.2) is 24.5 Å². The largest absolute Gasteiger partial charge is 0.352 e. The molecule has 0 bridgehead atoms. The fourth-order valence-electron chi connectivity index (χ4n) is 4.08. The van der Waals surface area contributed by atoms with Crippen molar-refractivity contribution in [2.45, 2.75) is 18.6 Å². The van der Waals surface area contributed by atoms with Crippen LogP contribution in [0.2, 0.25) is 0 Å². The van der Waals surface area contributed by atoms with E-state index in [2.05, 4.69) is 77.2 Å². The lowest BCUT2D eigenvalue weighted by molar-refractivity contribution is 0.302. The van der Waals surface area contributed by atoms with Gasteiger partial charge in [-0.25, -0.2) is 0 Å². The van der Waals surface area contributed by atoms with Gasteiger partial charge in [-0.1, -0.05) is 34.1 Å². The third-order valence-corrected chi connectivity index (χ3v) is 6.29. The van der Waals surface area contributed by atoms with Gasteiger partial charge in [0, 0.05) is 47.2 Å². The lowest BCUT2D eigenvalue weighted by Gasteiger charge is -2.29. The van der Waals surface area contributed by atoms with Gasteiger partial charge in [0.1, 0.15) is 0 Å². The molecule has 5 rings (SSSR count). The highest BCUT2D eigenvalue weighted by Gasteiger charge is 2.41. The van der Waals surface area contributed by atoms with E-state index >= 15 is 0 Å². The highest BCUT2D eigenvalue weighted by Crippen LogP contribution is 2.40. The van der Waals surface area contributed by atoms with Crippen LogP contribution in [-0.2, 0) is 6.54 Å². The molecule has 1 aromatic carbocycles. The molecule has 2 atom stereocenters. The van der Waals surface area contributed by atoms with E-state index in [-0.39, 0.29) is 12.1 Å². The number of hydrogen-bond acceptors (Lipinski definition) is 3. The number of hydrogen-bond donors (Lipinski definition) is 1. The zero-order valence-corrected chi connectivity index (χ0v) is 19.0. The summed E-state index contributed by atoms with van der Waals surface area (Å²) in [5.74, 6) is 0. The van der Waals surface area contributed by atoms with E-state index in [0.717, 1.165) is 27.1 Å². The Morgan fingerprint density at radius 2 is 1.94 bits per heavy atom. The van der Waals surface area contributed by atoms with Crippen LogP contribution in [0.15, 0.2) is 96.0 Å². The average molecular weight is 490 g/mol. The van der Waals surface area contributed by atoms with E-state index in [0.29, 0.717) is 11.7 Å². The smallest absolute Gasteiger partial charge is 0.170 e. The van der Waals surface area contributed by atoms with Crippen molar-refractivity contribution < 1.29 is 0 Å². The maximum atomic E-state index is 5.80. The maximum Gasteiger partial charge on any atom is 0.170 e. The molecule has 1 aliphatic heterocycles. The van der Waals surface area contributed by atoms with Gasteiger partial charge in [0.15, 0.2) is 5.11 Å². The number of benzene rings is 1. The molecule has 0 spiro atoms. The second kappa shape index (κ2) is 8.61. The molecule has 0 unspecified atom stereocenters. The summed E-state index contributed by atoms with van der Waals surface area (Å²) < 4.78 is 3.26. The first-order chi connectivity index (χ1) is 15.2. The number of nitrogens with one attached hydrogen (secondary N) is 1. The molecule has 1 saturated heterocycles. The molecule has 3 aromatic heterocycles. The van der Waals surface area contributed by atoms with Crippen molar-refractivity contribution in [3.8, 4) is 5.69 Å². The molecule has 4 aromatic rings. The molecule has 0 saturated carbocycles. The minimum absolute atomic E-state index is 0.0309. The van der Waals surface area contributed by atoms with Crippen molar-refractivity contribution in [3.05, 3.63) is 113 Å². The van der Waals surface area contributed by atoms with Gasteiger partial charge >= 0.3 is 0 Å². The Balaban J connectivity index is 1.61. The second-order valence-corrected chi connectivity index (χ2v) is 8.70. The lowest BCUT2D eigenvalue weighted by Crippen LogP contribution is -2.30. The third-order valence-electron chi connectivity index (χ3n) is 5.44. The number of thiocarbonyl (C=S) groups is 1. The van der Waals surface area contributed by atoms with E-state index in [1.807, 2.05) is 48.8 Å². The molecule has 1 fully saturated rings. The summed E-state index contributed by atoms with van der Waals surface area (Å²) in [6.07, 6.45) is 7.60. The highest BCUT2D eigenvalue weighted by molar-refractivity contribution is 9.10. The minimum Gasteiger partial charge on any atom is -0.352 e. The Morgan fingerprint density at radius 1 is 1.00 bits per heavy atom. The highest BCUT2D eigenvalue weighted by atomic mass is 79.9. The van der Waals surface area contributed by atoms with Gasteiger partial charge in [-0.05, 0) is 66.3 Å². The summed E-state index contributed by atoms with van der Waals surface area (Å²) in [5, 5.41) is 4.24. The van der Waals surface area contributed by atoms with Crippen LogP contribution in [0.25, 0.3) is 5.69 Å². The van der Waals surface area contributed by atoms with Gasteiger partial charge in [0.25, 0.3) is 0 Å². The van der Waals surface area contributed by atoms with Crippen molar-refractivity contribution in [1.82, 2.24) is 24.8 Å². The predicted octanol–water partition coefficient (Wildman–Crippen LogP) is 5.20. The molecule has 7 heteroatoms. The average Bonchev–Trinajstić information content (AvgIpc) is 3.40. The summed E-state index contributed by atoms with van der Waals surface area (Å²) in [4.78, 5) is 11.1. The van der Waals surface area contributed by atoms with Crippen molar-refractivity contribution in [2.24, 2.45) is 0 Å². The second-order valence-electron chi connectivity index (χ2n) is 7.40. The Kier molecular flexibility index (Phi) is 5.53. The summed E-state index contributed by atoms with van der Waals surface area (Å²) in [7, 11) is 0. The van der Waals surface area contributed by atoms with Crippen molar-refractivity contribution >= 4 is 33.3 Å². The molecular formula is C24H20BrN5S. The topological polar surface area (TPSA) is 46.0 Å². The van der Waals surface area contributed by atoms with Crippen molar-refractivity contribution in [2.75, 3.05) is 0 Å². The number of nitrogens with zero attached hydrogens (tertiary/aromatic N) is 4. The number of pyridine rings is 2. The van der Waals surface area contributed by atoms with Gasteiger partial charge in [-0.2, -0.15) is 0 Å². The zero-order valence-electron chi connectivity index (χ0n) is 16.6. The van der Waals surface area contributed by atoms with E-state index < -0.39 is 0 Å². The van der Waals surface area contributed by atoms with Gasteiger partial charge < -0.3 is 14.8 Å². The standard InChI is InChI=1S/C24H20BrN5S/c25-18-7-3-8-19(14-18)29-13-5-10-21(29)23-22(20-9-1-2-12-27-20)28-24(31)30(23)16-17-6-4-11-26-15-17/h1-15,22-23H,16H2,(H,28,31)/t22-,23+/m1/s1. The first-order valence-corrected chi connectivity index (χ1v) is 11.2. The maximum absolute atomic E-state index is 5.80. The summed E-state index contributed by atoms with van der Waals surface area (Å²) in [5.41, 5.74) is 4.31. The van der Waals surface area contributed by atoms with E-state index in [9.17, 15) is 0 Å². The van der Waals surface area contributed by atoms with Gasteiger partial charge in [0.05, 0.1) is 17.8 Å². The molecule has 1 aliphatic rings. The zero-order chi connectivity index (χ0) is 21.2. The Bertz CT molecular complexity index is 1190. The molecule has 31 heavy (non-hydrogen) atoms. The fraction of sp³-hybridized carbons (Fsp3) is 0.125. The monoisotopic (exact) mass is 489 g/mol. The van der Waals surface area contributed by atoms with Crippen LogP contribution in [0.1, 0.15) is 29.0 Å². The molecular weight excluding hydrogens is 470 g/mol. The fourth-order valence-corrected chi connectivity index (χ4v) is 4.77. The van der Waals surface area contributed by atoms with Gasteiger partial charge in [0.2, 0.25) is 0 Å². The summed E-state index contributed by atoms with van der Waals surface area (Å²) >= 11 is 9.39. The molecule has 0 amide bonds. The van der Waals surface area contributed by atoms with Crippen LogP contribution in [0.3, 0.4) is 0 Å². The van der Waals surface area contributed by atoms with Crippen molar-refractivity contribution in [1.29, 1.82) is 0 Å². The summed E-state index contributed by atoms with van der Waals surface area (Å²) in [6, 6.07) is 22.5. The van der Waals surface area contributed by atoms with Gasteiger partial charge in [-0.15, -0.1) is 0 Å². The SMILES string of the molecule is S=C1N[C@H](c2ccccn2)[C@H](c2cccn2-c2cccc(Br)c2)N1Cc1cccnc1. The Hall–Kier alpha value is -3.03. The molecule has 154 valence electrons. The van der Waals surface area contributed by atoms with Crippen LogP contribution in [0, 0.1) is 0 Å². The van der Waals surface area contributed by atoms with E-state index in [1.54, 1.807) is 6.20 Å². The lowest BCUT2D eigenvalue weighted by atomic mass is 10.0. The number of aromatic nitrogens is 3. The van der Waals surface area contributed by atoms with Crippen LogP contribution < -0.4 is 5.32 Å². The quantitative estimate of drug-likeness (QED) is 0.390. The molecule has 4 heterocycles. The van der Waals surface area contributed by atoms with E-state index in [1.165, 1.54) is 0 Å². The van der Waals surface area contributed by atoms with E-state index in [4.69, 9.17) is 12.2 Å². The Labute approximate surface area is 194 Å². The van der Waals surface area contributed by atoms with Crippen LogP contribution in [0.5, 0.6) is 0 Å². The predicted molar refractivity (Wildman–Crippen MR) is 129 cm³/mol. The third kappa shape index (κ3) is 3.98. The molecule has 5 nitrogen and oxygen atoms in total. The normalized spacial score (nSPS) is 18.2. The number of rotatable bonds is 5. The number of halogens is 1. The first kappa shape index (κ1) is 19.9. The Morgan fingerprint density at radius 3 is 2.71 bits per heavy atom. The van der Waals surface area contributed by atoms with Crippen LogP contribution in [0.4, 0.5) is 0 Å².